The number of rotatable bonds is 3. The molecule has 14 heavy (non-hydrogen) atoms. The first-order valence-corrected chi connectivity index (χ1v) is 4.94. The minimum Gasteiger partial charge on any atom is -0.465 e. The fraction of sp³-hybridized carbons (Fsp3) is 0.273. The smallest absolute Gasteiger partial charge is 0.345 e. The van der Waals surface area contributed by atoms with Crippen LogP contribution in [0, 0.1) is 0 Å². The molecule has 0 aliphatic heterocycles. The average molecular weight is 257 g/mol. The molecule has 0 aromatic heterocycles. The first-order chi connectivity index (χ1) is 6.65. The maximum Gasteiger partial charge on any atom is 0.345 e. The highest BCUT2D eigenvalue weighted by molar-refractivity contribution is 9.11. The molecule has 0 aliphatic rings. The monoisotopic (exact) mass is 256 g/mol. The molecule has 76 valence electrons. The van der Waals surface area contributed by atoms with E-state index in [1.54, 1.807) is 18.2 Å². The van der Waals surface area contributed by atoms with Gasteiger partial charge >= 0.3 is 5.97 Å². The standard InChI is InChI=1S/C11H13BrO2/c1-4-6-9(11(13)14-3)7-8-10(12)5-2/h4-6,8H,1-3H3/b6-4-,10-5+. The van der Waals surface area contributed by atoms with Crippen LogP contribution in [0.4, 0.5) is 0 Å². The van der Waals surface area contributed by atoms with Crippen LogP contribution in [0.5, 0.6) is 0 Å². The van der Waals surface area contributed by atoms with Gasteiger partial charge in [-0.15, -0.1) is 5.73 Å². The molecule has 0 saturated heterocycles. The maximum absolute atomic E-state index is 11.2. The third-order valence-corrected chi connectivity index (χ3v) is 2.07. The summed E-state index contributed by atoms with van der Waals surface area (Å²) in [5.74, 6) is -0.393. The third kappa shape index (κ3) is 4.85. The van der Waals surface area contributed by atoms with E-state index < -0.39 is 5.97 Å². The van der Waals surface area contributed by atoms with Crippen LogP contribution in [0.25, 0.3) is 0 Å². The lowest BCUT2D eigenvalue weighted by Crippen LogP contribution is -2.01. The molecule has 0 aromatic carbocycles. The molecule has 0 saturated carbocycles. The van der Waals surface area contributed by atoms with Gasteiger partial charge in [0.25, 0.3) is 0 Å². The lowest BCUT2D eigenvalue weighted by molar-refractivity contribution is -0.135. The van der Waals surface area contributed by atoms with Crippen molar-refractivity contribution in [3.8, 4) is 0 Å². The van der Waals surface area contributed by atoms with Crippen molar-refractivity contribution in [1.29, 1.82) is 0 Å². The Kier molecular flexibility index (Phi) is 6.81. The summed E-state index contributed by atoms with van der Waals surface area (Å²) < 4.78 is 5.45. The van der Waals surface area contributed by atoms with Crippen LogP contribution in [-0.4, -0.2) is 13.1 Å². The van der Waals surface area contributed by atoms with Crippen LogP contribution in [0.2, 0.25) is 0 Å². The SMILES string of the molecule is C/C=C\C(=C=C/C(Br)=C\C)C(=O)OC. The topological polar surface area (TPSA) is 26.3 Å². The summed E-state index contributed by atoms with van der Waals surface area (Å²) in [6.07, 6.45) is 6.94. The van der Waals surface area contributed by atoms with Crippen molar-refractivity contribution < 1.29 is 9.53 Å². The summed E-state index contributed by atoms with van der Waals surface area (Å²) in [5.41, 5.74) is 3.23. The van der Waals surface area contributed by atoms with Crippen LogP contribution in [-0.2, 0) is 9.53 Å². The zero-order valence-corrected chi connectivity index (χ0v) is 10.1. The minimum absolute atomic E-state index is 0.393. The Bertz CT molecular complexity index is 318. The summed E-state index contributed by atoms with van der Waals surface area (Å²) in [6, 6.07) is 0. The van der Waals surface area contributed by atoms with E-state index in [9.17, 15) is 4.79 Å². The van der Waals surface area contributed by atoms with Crippen molar-refractivity contribution >= 4 is 21.9 Å². The van der Waals surface area contributed by atoms with E-state index in [-0.39, 0.29) is 0 Å². The summed E-state index contributed by atoms with van der Waals surface area (Å²) in [4.78, 5) is 11.2. The molecule has 0 atom stereocenters. The minimum atomic E-state index is -0.393. The van der Waals surface area contributed by atoms with Crippen molar-refractivity contribution in [1.82, 2.24) is 0 Å². The lowest BCUT2D eigenvalue weighted by atomic mass is 10.2. The van der Waals surface area contributed by atoms with E-state index in [0.29, 0.717) is 5.57 Å². The highest BCUT2D eigenvalue weighted by Crippen LogP contribution is 2.06. The van der Waals surface area contributed by atoms with Gasteiger partial charge in [-0.05, 0) is 26.0 Å². The molecule has 2 nitrogen and oxygen atoms in total. The molecule has 0 radical (unpaired) electrons. The Morgan fingerprint density at radius 3 is 2.50 bits per heavy atom. The molecule has 3 heteroatoms. The molecule has 0 N–H and O–H groups in total. The Morgan fingerprint density at radius 2 is 2.07 bits per heavy atom. The van der Waals surface area contributed by atoms with Gasteiger partial charge in [-0.3, -0.25) is 0 Å². The van der Waals surface area contributed by atoms with Gasteiger partial charge in [0.1, 0.15) is 5.57 Å². The Hall–Kier alpha value is -1.05. The molecule has 0 spiro atoms. The first kappa shape index (κ1) is 12.9. The number of methoxy groups -OCH3 is 1. The van der Waals surface area contributed by atoms with E-state index in [4.69, 9.17) is 0 Å². The van der Waals surface area contributed by atoms with Crippen molar-refractivity contribution in [2.24, 2.45) is 0 Å². The predicted molar refractivity (Wildman–Crippen MR) is 61.1 cm³/mol. The van der Waals surface area contributed by atoms with Crippen LogP contribution in [0.15, 0.2) is 40.1 Å². The van der Waals surface area contributed by atoms with Gasteiger partial charge in [0, 0.05) is 4.48 Å². The Morgan fingerprint density at radius 1 is 1.43 bits per heavy atom. The van der Waals surface area contributed by atoms with E-state index >= 15 is 0 Å². The molecule has 0 bridgehead atoms. The van der Waals surface area contributed by atoms with Gasteiger partial charge in [-0.25, -0.2) is 4.79 Å². The molecule has 0 unspecified atom stereocenters. The molecule has 0 fully saturated rings. The highest BCUT2D eigenvalue weighted by Gasteiger charge is 2.03. The molecular formula is C11H13BrO2. The summed E-state index contributed by atoms with van der Waals surface area (Å²) in [7, 11) is 1.35. The van der Waals surface area contributed by atoms with Crippen LogP contribution >= 0.6 is 15.9 Å². The van der Waals surface area contributed by atoms with E-state index in [1.807, 2.05) is 19.9 Å². The number of esters is 1. The van der Waals surface area contributed by atoms with E-state index in [0.717, 1.165) is 4.48 Å². The molecule has 0 rings (SSSR count). The molecule has 0 aliphatic carbocycles. The number of allylic oxidation sites excluding steroid dienone is 3. The number of hydrogen-bond acceptors (Lipinski definition) is 2. The van der Waals surface area contributed by atoms with Crippen molar-refractivity contribution in [2.45, 2.75) is 13.8 Å². The first-order valence-electron chi connectivity index (χ1n) is 4.15. The summed E-state index contributed by atoms with van der Waals surface area (Å²) in [6.45, 7) is 3.71. The average Bonchev–Trinajstić information content (AvgIpc) is 2.22. The van der Waals surface area contributed by atoms with Gasteiger partial charge < -0.3 is 4.74 Å². The number of hydrogen-bond donors (Lipinski definition) is 0. The largest absolute Gasteiger partial charge is 0.465 e. The lowest BCUT2D eigenvalue weighted by Gasteiger charge is -1.94. The second-order valence-corrected chi connectivity index (χ2v) is 3.28. The van der Waals surface area contributed by atoms with Crippen molar-refractivity contribution in [3.63, 3.8) is 0 Å². The maximum atomic E-state index is 11.2. The number of carbonyl (C=O) groups is 1. The number of halogens is 1. The van der Waals surface area contributed by atoms with E-state index in [1.165, 1.54) is 7.11 Å². The van der Waals surface area contributed by atoms with Crippen LogP contribution in [0.1, 0.15) is 13.8 Å². The number of ether oxygens (including phenoxy) is 1. The van der Waals surface area contributed by atoms with Crippen molar-refractivity contribution in [3.05, 3.63) is 40.1 Å². The van der Waals surface area contributed by atoms with Gasteiger partial charge in [-0.1, -0.05) is 28.1 Å². The van der Waals surface area contributed by atoms with Gasteiger partial charge in [0.05, 0.1) is 7.11 Å². The summed E-state index contributed by atoms with van der Waals surface area (Å²) in [5, 5.41) is 0. The Labute approximate surface area is 92.8 Å². The van der Waals surface area contributed by atoms with Crippen LogP contribution < -0.4 is 0 Å². The molecule has 0 heterocycles. The van der Waals surface area contributed by atoms with E-state index in [2.05, 4.69) is 26.4 Å². The normalized spacial score (nSPS) is 11.0. The van der Waals surface area contributed by atoms with Gasteiger partial charge in [-0.2, -0.15) is 0 Å². The predicted octanol–water partition coefficient (Wildman–Crippen LogP) is 3.12. The number of carbonyl (C=O) groups excluding carboxylic acids is 1. The molecular weight excluding hydrogens is 244 g/mol. The van der Waals surface area contributed by atoms with Gasteiger partial charge in [0.2, 0.25) is 0 Å². The zero-order valence-electron chi connectivity index (χ0n) is 8.50. The highest BCUT2D eigenvalue weighted by atomic mass is 79.9. The fourth-order valence-corrected chi connectivity index (χ4v) is 0.796. The molecule has 0 aromatic rings. The second kappa shape index (κ2) is 7.36. The summed E-state index contributed by atoms with van der Waals surface area (Å²) >= 11 is 3.28. The van der Waals surface area contributed by atoms with Gasteiger partial charge in [0.15, 0.2) is 0 Å². The molecule has 0 amide bonds. The van der Waals surface area contributed by atoms with Crippen LogP contribution in [0.3, 0.4) is 0 Å². The zero-order chi connectivity index (χ0) is 11.0. The Balaban J connectivity index is 5.00. The second-order valence-electron chi connectivity index (χ2n) is 2.37. The van der Waals surface area contributed by atoms with Crippen molar-refractivity contribution in [2.75, 3.05) is 7.11 Å². The third-order valence-electron chi connectivity index (χ3n) is 1.38. The fourth-order valence-electron chi connectivity index (χ4n) is 0.682. The quantitative estimate of drug-likeness (QED) is 0.336.